The molecule has 4 heteroatoms. The molecule has 1 N–H and O–H groups in total. The van der Waals surface area contributed by atoms with Crippen LogP contribution in [0, 0.1) is 17.8 Å². The Morgan fingerprint density at radius 2 is 1.91 bits per heavy atom. The molecular weight excluding hydrogens is 288 g/mol. The van der Waals surface area contributed by atoms with Gasteiger partial charge in [0.05, 0.1) is 0 Å². The van der Waals surface area contributed by atoms with Crippen LogP contribution >= 0.6 is 0 Å². The van der Waals surface area contributed by atoms with Gasteiger partial charge in [-0.15, -0.1) is 0 Å². The number of nitrogens with zero attached hydrogens (tertiary/aromatic N) is 1. The van der Waals surface area contributed by atoms with Crippen LogP contribution in [0.2, 0.25) is 0 Å². The van der Waals surface area contributed by atoms with Crippen LogP contribution in [0.3, 0.4) is 0 Å². The third-order valence-corrected chi connectivity index (χ3v) is 5.84. The van der Waals surface area contributed by atoms with Gasteiger partial charge in [-0.3, -0.25) is 0 Å². The molecule has 2 aliphatic heterocycles. The van der Waals surface area contributed by atoms with Crippen LogP contribution in [0.5, 0.6) is 0 Å². The normalized spacial score (nSPS) is 30.4. The van der Waals surface area contributed by atoms with Crippen LogP contribution in [0.25, 0.3) is 0 Å². The second kappa shape index (κ2) is 6.62. The predicted molar refractivity (Wildman–Crippen MR) is 94.5 cm³/mol. The third kappa shape index (κ3) is 4.62. The molecule has 4 nitrogen and oxygen atoms in total. The van der Waals surface area contributed by atoms with Crippen LogP contribution < -0.4 is 5.32 Å². The Kier molecular flexibility index (Phi) is 5.34. The van der Waals surface area contributed by atoms with E-state index in [1.54, 1.807) is 0 Å². The van der Waals surface area contributed by atoms with Gasteiger partial charge in [0, 0.05) is 24.7 Å². The summed E-state index contributed by atoms with van der Waals surface area (Å²) in [6.45, 7) is 16.8. The summed E-state index contributed by atoms with van der Waals surface area (Å²) in [5.41, 5.74) is -0.102. The summed E-state index contributed by atoms with van der Waals surface area (Å²) in [6, 6.07) is 0.632. The van der Waals surface area contributed by atoms with Crippen molar-refractivity contribution in [1.29, 1.82) is 0 Å². The summed E-state index contributed by atoms with van der Waals surface area (Å²) in [7, 11) is 0. The monoisotopic (exact) mass is 324 g/mol. The number of rotatable bonds is 4. The number of nitrogens with one attached hydrogen (secondary N) is 1. The van der Waals surface area contributed by atoms with E-state index in [0.29, 0.717) is 29.3 Å². The molecule has 134 valence electrons. The van der Waals surface area contributed by atoms with E-state index in [1.165, 1.54) is 19.3 Å². The SMILES string of the molecule is CC(CC1CCC(C)(C(C)C)N1)C1CN(C(=O)OC(C)(C)C)C1. The van der Waals surface area contributed by atoms with Crippen molar-refractivity contribution < 1.29 is 9.53 Å². The van der Waals surface area contributed by atoms with Gasteiger partial charge in [0.1, 0.15) is 5.60 Å². The number of amides is 1. The molecule has 0 aromatic rings. The van der Waals surface area contributed by atoms with Crippen LogP contribution in [0.15, 0.2) is 0 Å². The zero-order valence-electron chi connectivity index (χ0n) is 16.1. The maximum absolute atomic E-state index is 12.0. The summed E-state index contributed by atoms with van der Waals surface area (Å²) in [6.07, 6.45) is 3.61. The fourth-order valence-corrected chi connectivity index (χ4v) is 3.71. The third-order valence-electron chi connectivity index (χ3n) is 5.84. The fraction of sp³-hybridized carbons (Fsp3) is 0.947. The quantitative estimate of drug-likeness (QED) is 0.848. The Labute approximate surface area is 142 Å². The van der Waals surface area contributed by atoms with E-state index in [0.717, 1.165) is 13.1 Å². The zero-order chi connectivity index (χ0) is 17.4. The highest BCUT2D eigenvalue weighted by atomic mass is 16.6. The Bertz CT molecular complexity index is 424. The molecule has 0 saturated carbocycles. The van der Waals surface area contributed by atoms with Gasteiger partial charge in [0.25, 0.3) is 0 Å². The number of likely N-dealkylation sites (tertiary alicyclic amines) is 1. The molecule has 3 atom stereocenters. The Hall–Kier alpha value is -0.770. The van der Waals surface area contributed by atoms with Crippen molar-refractivity contribution in [2.24, 2.45) is 17.8 Å². The molecule has 2 rings (SSSR count). The Morgan fingerprint density at radius 1 is 1.30 bits per heavy atom. The summed E-state index contributed by atoms with van der Waals surface area (Å²) >= 11 is 0. The lowest BCUT2D eigenvalue weighted by molar-refractivity contribution is -0.0107. The second-order valence-electron chi connectivity index (χ2n) is 9.31. The van der Waals surface area contributed by atoms with Crippen LogP contribution in [-0.2, 0) is 4.74 Å². The van der Waals surface area contributed by atoms with Crippen molar-refractivity contribution in [1.82, 2.24) is 10.2 Å². The number of hydrogen-bond acceptors (Lipinski definition) is 3. The van der Waals surface area contributed by atoms with Crippen LogP contribution in [-0.4, -0.2) is 41.3 Å². The average Bonchev–Trinajstić information content (AvgIpc) is 2.67. The van der Waals surface area contributed by atoms with Crippen molar-refractivity contribution in [2.45, 2.75) is 84.9 Å². The van der Waals surface area contributed by atoms with Gasteiger partial charge in [0.2, 0.25) is 0 Å². The first kappa shape index (κ1) is 18.6. The largest absolute Gasteiger partial charge is 0.444 e. The van der Waals surface area contributed by atoms with E-state index in [4.69, 9.17) is 4.74 Å². The van der Waals surface area contributed by atoms with Gasteiger partial charge in [-0.05, 0) is 64.7 Å². The lowest BCUT2D eigenvalue weighted by Crippen LogP contribution is -2.54. The van der Waals surface area contributed by atoms with E-state index in [-0.39, 0.29) is 6.09 Å². The molecule has 23 heavy (non-hydrogen) atoms. The molecule has 2 fully saturated rings. The zero-order valence-corrected chi connectivity index (χ0v) is 16.1. The lowest BCUT2D eigenvalue weighted by Gasteiger charge is -2.43. The van der Waals surface area contributed by atoms with Crippen molar-refractivity contribution in [2.75, 3.05) is 13.1 Å². The van der Waals surface area contributed by atoms with Gasteiger partial charge in [0.15, 0.2) is 0 Å². The van der Waals surface area contributed by atoms with Gasteiger partial charge < -0.3 is 15.0 Å². The highest BCUT2D eigenvalue weighted by Gasteiger charge is 2.40. The molecule has 0 aromatic heterocycles. The van der Waals surface area contributed by atoms with Crippen molar-refractivity contribution in [3.8, 4) is 0 Å². The molecule has 0 spiro atoms. The minimum atomic E-state index is -0.400. The van der Waals surface area contributed by atoms with Crippen molar-refractivity contribution in [3.05, 3.63) is 0 Å². The highest BCUT2D eigenvalue weighted by molar-refractivity contribution is 5.69. The Morgan fingerprint density at radius 3 is 2.39 bits per heavy atom. The van der Waals surface area contributed by atoms with E-state index >= 15 is 0 Å². The van der Waals surface area contributed by atoms with Crippen LogP contribution in [0.4, 0.5) is 4.79 Å². The molecular formula is C19H36N2O2. The lowest BCUT2D eigenvalue weighted by atomic mass is 9.83. The minimum absolute atomic E-state index is 0.160. The molecule has 2 heterocycles. The van der Waals surface area contributed by atoms with Crippen LogP contribution in [0.1, 0.15) is 67.7 Å². The first-order valence-electron chi connectivity index (χ1n) is 9.26. The van der Waals surface area contributed by atoms with E-state index < -0.39 is 5.60 Å². The maximum Gasteiger partial charge on any atom is 0.410 e. The van der Waals surface area contributed by atoms with Gasteiger partial charge in [-0.1, -0.05) is 20.8 Å². The topological polar surface area (TPSA) is 41.6 Å². The second-order valence-corrected chi connectivity index (χ2v) is 9.31. The summed E-state index contributed by atoms with van der Waals surface area (Å²) in [4.78, 5) is 13.8. The Balaban J connectivity index is 1.73. The molecule has 0 radical (unpaired) electrons. The molecule has 0 bridgehead atoms. The molecule has 2 saturated heterocycles. The van der Waals surface area contributed by atoms with E-state index in [2.05, 4.69) is 33.0 Å². The number of carbonyl (C=O) groups excluding carboxylic acids is 1. The summed E-state index contributed by atoms with van der Waals surface area (Å²) in [5, 5.41) is 3.86. The standard InChI is InChI=1S/C19H36N2O2/c1-13(2)19(7)9-8-16(20-19)10-14(3)15-11-21(12-15)17(22)23-18(4,5)6/h13-16,20H,8-12H2,1-7H3. The molecule has 1 amide bonds. The first-order valence-corrected chi connectivity index (χ1v) is 9.26. The predicted octanol–water partition coefficient (Wildman–Crippen LogP) is 4.05. The number of ether oxygens (including phenoxy) is 1. The van der Waals surface area contributed by atoms with Crippen molar-refractivity contribution >= 4 is 6.09 Å². The highest BCUT2D eigenvalue weighted by Crippen LogP contribution is 2.35. The average molecular weight is 325 g/mol. The minimum Gasteiger partial charge on any atom is -0.444 e. The smallest absolute Gasteiger partial charge is 0.410 e. The first-order chi connectivity index (χ1) is 10.5. The molecule has 2 aliphatic rings. The molecule has 3 unspecified atom stereocenters. The maximum atomic E-state index is 12.0. The number of hydrogen-bond donors (Lipinski definition) is 1. The number of carbonyl (C=O) groups is 1. The van der Waals surface area contributed by atoms with Gasteiger partial charge >= 0.3 is 6.09 Å². The fourth-order valence-electron chi connectivity index (χ4n) is 3.71. The van der Waals surface area contributed by atoms with E-state index in [1.807, 2.05) is 25.7 Å². The van der Waals surface area contributed by atoms with Gasteiger partial charge in [-0.25, -0.2) is 4.79 Å². The van der Waals surface area contributed by atoms with E-state index in [9.17, 15) is 4.79 Å². The molecule has 0 aromatic carbocycles. The summed E-state index contributed by atoms with van der Waals surface area (Å²) < 4.78 is 5.43. The van der Waals surface area contributed by atoms with Crippen molar-refractivity contribution in [3.63, 3.8) is 0 Å². The van der Waals surface area contributed by atoms with Gasteiger partial charge in [-0.2, -0.15) is 0 Å². The summed E-state index contributed by atoms with van der Waals surface area (Å²) in [5.74, 6) is 1.95. The molecule has 0 aliphatic carbocycles.